The minimum atomic E-state index is 1.14. The minimum Gasteiger partial charge on any atom is -0.309 e. The van der Waals surface area contributed by atoms with Gasteiger partial charge < -0.3 is 13.7 Å². The molecule has 11 rings (SSSR count). The van der Waals surface area contributed by atoms with Gasteiger partial charge in [-0.25, -0.2) is 0 Å². The average Bonchev–Trinajstić information content (AvgIpc) is 3.84. The van der Waals surface area contributed by atoms with Crippen molar-refractivity contribution in [2.75, 3.05) is 0 Å². The van der Waals surface area contributed by atoms with E-state index in [9.17, 15) is 0 Å². The molecule has 0 fully saturated rings. The van der Waals surface area contributed by atoms with Crippen molar-refractivity contribution in [2.45, 2.75) is 0 Å². The maximum atomic E-state index is 2.50. The molecule has 11 aromatic rings. The first-order valence-corrected chi connectivity index (χ1v) is 17.5. The van der Waals surface area contributed by atoms with Gasteiger partial charge in [0.15, 0.2) is 0 Å². The third-order valence-corrected chi connectivity index (χ3v) is 10.6. The van der Waals surface area contributed by atoms with Crippen LogP contribution in [0.1, 0.15) is 0 Å². The van der Waals surface area contributed by atoms with Crippen LogP contribution < -0.4 is 0 Å². The Morgan fingerprint density at radius 3 is 1.24 bits per heavy atom. The molecule has 8 aromatic carbocycles. The zero-order chi connectivity index (χ0) is 33.5. The van der Waals surface area contributed by atoms with E-state index >= 15 is 0 Å². The van der Waals surface area contributed by atoms with E-state index in [0.29, 0.717) is 0 Å². The van der Waals surface area contributed by atoms with Gasteiger partial charge in [0.1, 0.15) is 0 Å². The van der Waals surface area contributed by atoms with E-state index in [0.717, 1.165) is 17.1 Å². The van der Waals surface area contributed by atoms with Crippen molar-refractivity contribution in [3.05, 3.63) is 188 Å². The summed E-state index contributed by atoms with van der Waals surface area (Å²) in [6.07, 6.45) is 0. The normalized spacial score (nSPS) is 11.9. The number of benzene rings is 8. The van der Waals surface area contributed by atoms with Gasteiger partial charge in [-0.2, -0.15) is 0 Å². The quantitative estimate of drug-likeness (QED) is 0.180. The number of hydrogen-bond acceptors (Lipinski definition) is 0. The second kappa shape index (κ2) is 10.8. The second-order valence-electron chi connectivity index (χ2n) is 13.3. The highest BCUT2D eigenvalue weighted by Gasteiger charge is 2.23. The summed E-state index contributed by atoms with van der Waals surface area (Å²) in [6, 6.07) is 68.5. The van der Waals surface area contributed by atoms with Crippen LogP contribution in [0.3, 0.4) is 0 Å². The van der Waals surface area contributed by atoms with Gasteiger partial charge in [-0.3, -0.25) is 0 Å². The Hall–Kier alpha value is -6.84. The predicted molar refractivity (Wildman–Crippen MR) is 215 cm³/mol. The second-order valence-corrected chi connectivity index (χ2v) is 13.3. The lowest BCUT2D eigenvalue weighted by Crippen LogP contribution is -2.04. The molecule has 0 aliphatic heterocycles. The van der Waals surface area contributed by atoms with Crippen LogP contribution in [0.2, 0.25) is 0 Å². The van der Waals surface area contributed by atoms with Crippen molar-refractivity contribution in [2.24, 2.45) is 0 Å². The molecule has 3 nitrogen and oxygen atoms in total. The van der Waals surface area contributed by atoms with E-state index in [1.54, 1.807) is 0 Å². The Kier molecular flexibility index (Phi) is 5.96. The molecule has 0 aliphatic carbocycles. The van der Waals surface area contributed by atoms with Gasteiger partial charge in [0, 0.05) is 43.6 Å². The molecule has 0 radical (unpaired) electrons. The fraction of sp³-hybridized carbons (Fsp3) is 0. The maximum Gasteiger partial charge on any atom is 0.0784 e. The van der Waals surface area contributed by atoms with E-state index in [-0.39, 0.29) is 0 Å². The summed E-state index contributed by atoms with van der Waals surface area (Å²) >= 11 is 0. The summed E-state index contributed by atoms with van der Waals surface area (Å²) in [5, 5.41) is 7.44. The molecular formula is C48H31N3. The molecule has 0 atom stereocenters. The molecule has 0 unspecified atom stereocenters. The molecule has 0 bridgehead atoms. The molecule has 51 heavy (non-hydrogen) atoms. The van der Waals surface area contributed by atoms with Crippen LogP contribution in [0.25, 0.3) is 93.6 Å². The topological polar surface area (TPSA) is 14.8 Å². The van der Waals surface area contributed by atoms with E-state index in [2.05, 4.69) is 202 Å². The SMILES string of the molecule is c1ccc(-c2ccccc2-n2c3ccccc3c3cc(-n4c5ccccc5c5ccccc54)cc(-n4c5ccccc5c5ccccc54)c32)cc1. The molecule has 0 spiro atoms. The summed E-state index contributed by atoms with van der Waals surface area (Å²) in [5.74, 6) is 0. The molecular weight excluding hydrogens is 619 g/mol. The van der Waals surface area contributed by atoms with Gasteiger partial charge >= 0.3 is 0 Å². The number of aromatic nitrogens is 3. The smallest absolute Gasteiger partial charge is 0.0784 e. The van der Waals surface area contributed by atoms with Crippen LogP contribution in [0.5, 0.6) is 0 Å². The van der Waals surface area contributed by atoms with Gasteiger partial charge in [-0.05, 0) is 54.1 Å². The van der Waals surface area contributed by atoms with Gasteiger partial charge in [-0.1, -0.05) is 140 Å². The highest BCUT2D eigenvalue weighted by Crippen LogP contribution is 2.43. The van der Waals surface area contributed by atoms with E-state index in [4.69, 9.17) is 0 Å². The summed E-state index contributed by atoms with van der Waals surface area (Å²) in [6.45, 7) is 0. The predicted octanol–water partition coefficient (Wildman–Crippen LogP) is 12.6. The van der Waals surface area contributed by atoms with Gasteiger partial charge in [0.25, 0.3) is 0 Å². The lowest BCUT2D eigenvalue weighted by Gasteiger charge is -2.19. The number of rotatable bonds is 4. The first kappa shape index (κ1) is 28.0. The van der Waals surface area contributed by atoms with Gasteiger partial charge in [0.05, 0.1) is 44.5 Å². The van der Waals surface area contributed by atoms with Crippen LogP contribution in [0.4, 0.5) is 0 Å². The number of hydrogen-bond donors (Lipinski definition) is 0. The van der Waals surface area contributed by atoms with Crippen molar-refractivity contribution in [3.8, 4) is 28.2 Å². The first-order chi connectivity index (χ1) is 25.3. The number of nitrogens with zero attached hydrogens (tertiary/aromatic N) is 3. The van der Waals surface area contributed by atoms with Gasteiger partial charge in [-0.15, -0.1) is 0 Å². The fourth-order valence-electron chi connectivity index (χ4n) is 8.52. The fourth-order valence-corrected chi connectivity index (χ4v) is 8.52. The maximum absolute atomic E-state index is 2.50. The van der Waals surface area contributed by atoms with E-state index in [1.165, 1.54) is 76.5 Å². The molecule has 0 saturated heterocycles. The lowest BCUT2D eigenvalue weighted by molar-refractivity contribution is 1.11. The van der Waals surface area contributed by atoms with Crippen molar-refractivity contribution < 1.29 is 0 Å². The van der Waals surface area contributed by atoms with E-state index < -0.39 is 0 Å². The average molecular weight is 650 g/mol. The Morgan fingerprint density at radius 2 is 0.686 bits per heavy atom. The van der Waals surface area contributed by atoms with Crippen LogP contribution >= 0.6 is 0 Å². The minimum absolute atomic E-state index is 1.14. The van der Waals surface area contributed by atoms with Crippen LogP contribution in [-0.2, 0) is 0 Å². The highest BCUT2D eigenvalue weighted by molar-refractivity contribution is 6.17. The molecule has 0 N–H and O–H groups in total. The third kappa shape index (κ3) is 4.00. The first-order valence-electron chi connectivity index (χ1n) is 17.5. The summed E-state index contributed by atoms with van der Waals surface area (Å²) < 4.78 is 7.44. The molecule has 3 heteroatoms. The molecule has 3 heterocycles. The Morgan fingerprint density at radius 1 is 0.275 bits per heavy atom. The Balaban J connectivity index is 1.37. The van der Waals surface area contributed by atoms with Crippen LogP contribution in [-0.4, -0.2) is 13.7 Å². The Labute approximate surface area is 294 Å². The summed E-state index contributed by atoms with van der Waals surface area (Å²) in [4.78, 5) is 0. The van der Waals surface area contributed by atoms with Crippen LogP contribution in [0, 0.1) is 0 Å². The Bertz CT molecular complexity index is 3030. The summed E-state index contributed by atoms with van der Waals surface area (Å²) in [7, 11) is 0. The van der Waals surface area contributed by atoms with Gasteiger partial charge in [0.2, 0.25) is 0 Å². The standard InChI is InChI=1S/C48H31N3/c1-2-16-32(17-3-1)34-18-4-10-24-41(34)51-46-29-15-9-23-39(46)40-30-33(49-42-25-11-5-19-35(42)36-20-6-12-26-43(36)49)31-47(48(40)51)50-44-27-13-7-21-37(44)38-22-8-14-28-45(38)50/h1-31H. The number of para-hydroxylation sites is 6. The van der Waals surface area contributed by atoms with Crippen molar-refractivity contribution >= 4 is 65.4 Å². The monoisotopic (exact) mass is 649 g/mol. The zero-order valence-electron chi connectivity index (χ0n) is 27.7. The van der Waals surface area contributed by atoms with Crippen LogP contribution in [0.15, 0.2) is 188 Å². The van der Waals surface area contributed by atoms with Crippen molar-refractivity contribution in [1.82, 2.24) is 13.7 Å². The lowest BCUT2D eigenvalue weighted by atomic mass is 10.0. The third-order valence-electron chi connectivity index (χ3n) is 10.6. The zero-order valence-corrected chi connectivity index (χ0v) is 27.7. The largest absolute Gasteiger partial charge is 0.309 e. The molecule has 238 valence electrons. The molecule has 3 aromatic heterocycles. The molecule has 0 amide bonds. The molecule has 0 saturated carbocycles. The molecule has 0 aliphatic rings. The van der Waals surface area contributed by atoms with Crippen molar-refractivity contribution in [3.63, 3.8) is 0 Å². The highest BCUT2D eigenvalue weighted by atomic mass is 15.1. The van der Waals surface area contributed by atoms with Crippen molar-refractivity contribution in [1.29, 1.82) is 0 Å². The summed E-state index contributed by atoms with van der Waals surface area (Å²) in [5.41, 5.74) is 12.9. The van der Waals surface area contributed by atoms with E-state index in [1.807, 2.05) is 0 Å². The number of fused-ring (bicyclic) bond motifs is 9.